The molecule has 1 aliphatic rings. The predicted octanol–water partition coefficient (Wildman–Crippen LogP) is 2.11. The second kappa shape index (κ2) is 6.17. The van der Waals surface area contributed by atoms with Gasteiger partial charge in [-0.25, -0.2) is 0 Å². The molecule has 0 heterocycles. The van der Waals surface area contributed by atoms with Crippen LogP contribution in [0, 0.1) is 0 Å². The monoisotopic (exact) mass is 183 g/mol. The summed E-state index contributed by atoms with van der Waals surface area (Å²) in [6.07, 6.45) is 8.39. The highest BCUT2D eigenvalue weighted by Gasteiger charge is 2.10. The zero-order valence-corrected chi connectivity index (χ0v) is 8.75. The second-order valence-electron chi connectivity index (χ2n) is 3.69. The minimum absolute atomic E-state index is 0.465. The fourth-order valence-electron chi connectivity index (χ4n) is 1.66. The van der Waals surface area contributed by atoms with Crippen molar-refractivity contribution in [2.45, 2.75) is 45.2 Å². The van der Waals surface area contributed by atoms with Gasteiger partial charge in [0.15, 0.2) is 0 Å². The van der Waals surface area contributed by atoms with Crippen LogP contribution < -0.4 is 5.32 Å². The summed E-state index contributed by atoms with van der Waals surface area (Å²) in [6, 6.07) is 1.04. The molecule has 2 atom stereocenters. The molecule has 0 aromatic carbocycles. The highest BCUT2D eigenvalue weighted by Crippen LogP contribution is 2.10. The molecule has 0 saturated heterocycles. The third-order valence-corrected chi connectivity index (χ3v) is 2.32. The molecule has 0 fully saturated rings. The summed E-state index contributed by atoms with van der Waals surface area (Å²) in [5, 5.41) is 3.54. The van der Waals surface area contributed by atoms with Crippen molar-refractivity contribution in [3.63, 3.8) is 0 Å². The van der Waals surface area contributed by atoms with Crippen LogP contribution in [-0.4, -0.2) is 25.3 Å². The first-order chi connectivity index (χ1) is 6.33. The van der Waals surface area contributed by atoms with Crippen molar-refractivity contribution in [2.75, 3.05) is 13.2 Å². The van der Waals surface area contributed by atoms with Gasteiger partial charge in [0.1, 0.15) is 0 Å². The molecule has 0 aromatic rings. The Kier molecular flexibility index (Phi) is 5.09. The summed E-state index contributed by atoms with van der Waals surface area (Å²) in [6.45, 7) is 5.85. The molecule has 1 N–H and O–H groups in total. The van der Waals surface area contributed by atoms with Crippen molar-refractivity contribution in [3.05, 3.63) is 12.2 Å². The smallest absolute Gasteiger partial charge is 0.0616 e. The van der Waals surface area contributed by atoms with Gasteiger partial charge in [0.25, 0.3) is 0 Å². The molecule has 0 amide bonds. The molecule has 2 unspecified atom stereocenters. The number of ether oxygens (including phenoxy) is 1. The SMILES string of the molecule is CCOCC(C)NC1C=CCCC1. The fourth-order valence-corrected chi connectivity index (χ4v) is 1.66. The van der Waals surface area contributed by atoms with E-state index in [4.69, 9.17) is 4.74 Å². The van der Waals surface area contributed by atoms with Gasteiger partial charge in [-0.2, -0.15) is 0 Å². The number of rotatable bonds is 5. The van der Waals surface area contributed by atoms with Crippen LogP contribution in [0.5, 0.6) is 0 Å². The van der Waals surface area contributed by atoms with Crippen LogP contribution in [0.15, 0.2) is 12.2 Å². The van der Waals surface area contributed by atoms with Gasteiger partial charge in [-0.3, -0.25) is 0 Å². The highest BCUT2D eigenvalue weighted by molar-refractivity contribution is 4.98. The maximum absolute atomic E-state index is 5.35. The van der Waals surface area contributed by atoms with Crippen LogP contribution in [0.1, 0.15) is 33.1 Å². The predicted molar refractivity (Wildman–Crippen MR) is 55.9 cm³/mol. The van der Waals surface area contributed by atoms with Crippen molar-refractivity contribution in [1.82, 2.24) is 5.32 Å². The zero-order chi connectivity index (χ0) is 9.52. The molecule has 0 radical (unpaired) electrons. The van der Waals surface area contributed by atoms with Crippen LogP contribution >= 0.6 is 0 Å². The van der Waals surface area contributed by atoms with Crippen molar-refractivity contribution < 1.29 is 4.74 Å². The molecule has 1 aliphatic carbocycles. The first-order valence-electron chi connectivity index (χ1n) is 5.33. The average molecular weight is 183 g/mol. The molecule has 0 saturated carbocycles. The summed E-state index contributed by atoms with van der Waals surface area (Å²) >= 11 is 0. The number of hydrogen-bond acceptors (Lipinski definition) is 2. The van der Waals surface area contributed by atoms with Gasteiger partial charge in [0.2, 0.25) is 0 Å². The molecule has 0 bridgehead atoms. The van der Waals surface area contributed by atoms with E-state index in [1.165, 1.54) is 19.3 Å². The zero-order valence-electron chi connectivity index (χ0n) is 8.75. The van der Waals surface area contributed by atoms with E-state index in [0.717, 1.165) is 13.2 Å². The van der Waals surface area contributed by atoms with E-state index < -0.39 is 0 Å². The first kappa shape index (κ1) is 10.7. The lowest BCUT2D eigenvalue weighted by atomic mass is 10.0. The summed E-state index contributed by atoms with van der Waals surface area (Å²) in [5.74, 6) is 0. The van der Waals surface area contributed by atoms with Crippen LogP contribution in [0.4, 0.5) is 0 Å². The van der Waals surface area contributed by atoms with Crippen LogP contribution in [0.25, 0.3) is 0 Å². The molecule has 1 rings (SSSR count). The normalized spacial score (nSPS) is 24.6. The lowest BCUT2D eigenvalue weighted by molar-refractivity contribution is 0.124. The van der Waals surface area contributed by atoms with Crippen molar-refractivity contribution in [2.24, 2.45) is 0 Å². The number of hydrogen-bond donors (Lipinski definition) is 1. The molecule has 2 heteroatoms. The summed E-state index contributed by atoms with van der Waals surface area (Å²) < 4.78 is 5.35. The van der Waals surface area contributed by atoms with Gasteiger partial charge in [-0.15, -0.1) is 0 Å². The third-order valence-electron chi connectivity index (χ3n) is 2.32. The molecular formula is C11H21NO. The topological polar surface area (TPSA) is 21.3 Å². The van der Waals surface area contributed by atoms with E-state index in [2.05, 4.69) is 24.4 Å². The second-order valence-corrected chi connectivity index (χ2v) is 3.69. The summed E-state index contributed by atoms with van der Waals surface area (Å²) in [4.78, 5) is 0. The van der Waals surface area contributed by atoms with Gasteiger partial charge in [0, 0.05) is 18.7 Å². The maximum atomic E-state index is 5.35. The van der Waals surface area contributed by atoms with Gasteiger partial charge in [-0.05, 0) is 33.1 Å². The van der Waals surface area contributed by atoms with E-state index in [1.807, 2.05) is 6.92 Å². The Balaban J connectivity index is 2.14. The number of allylic oxidation sites excluding steroid dienone is 1. The fraction of sp³-hybridized carbons (Fsp3) is 0.818. The Labute approximate surface area is 81.4 Å². The largest absolute Gasteiger partial charge is 0.380 e. The van der Waals surface area contributed by atoms with E-state index in [-0.39, 0.29) is 0 Å². The lowest BCUT2D eigenvalue weighted by Gasteiger charge is -2.22. The minimum atomic E-state index is 0.465. The summed E-state index contributed by atoms with van der Waals surface area (Å²) in [5.41, 5.74) is 0. The van der Waals surface area contributed by atoms with Gasteiger partial charge in [0.05, 0.1) is 6.61 Å². The Morgan fingerprint density at radius 1 is 1.62 bits per heavy atom. The molecule has 0 aliphatic heterocycles. The third kappa shape index (κ3) is 4.44. The van der Waals surface area contributed by atoms with Gasteiger partial charge < -0.3 is 10.1 Å². The van der Waals surface area contributed by atoms with E-state index in [9.17, 15) is 0 Å². The van der Waals surface area contributed by atoms with E-state index >= 15 is 0 Å². The molecule has 0 spiro atoms. The molecule has 2 nitrogen and oxygen atoms in total. The van der Waals surface area contributed by atoms with E-state index in [1.54, 1.807) is 0 Å². The maximum Gasteiger partial charge on any atom is 0.0616 e. The van der Waals surface area contributed by atoms with Crippen LogP contribution in [0.3, 0.4) is 0 Å². The molecule has 0 aromatic heterocycles. The van der Waals surface area contributed by atoms with Gasteiger partial charge in [-0.1, -0.05) is 12.2 Å². The lowest BCUT2D eigenvalue weighted by Crippen LogP contribution is -2.38. The molecule has 76 valence electrons. The number of nitrogens with one attached hydrogen (secondary N) is 1. The van der Waals surface area contributed by atoms with Crippen LogP contribution in [0.2, 0.25) is 0 Å². The molecular weight excluding hydrogens is 162 g/mol. The Morgan fingerprint density at radius 2 is 2.46 bits per heavy atom. The summed E-state index contributed by atoms with van der Waals surface area (Å²) in [7, 11) is 0. The quantitative estimate of drug-likeness (QED) is 0.659. The minimum Gasteiger partial charge on any atom is -0.380 e. The molecule has 13 heavy (non-hydrogen) atoms. The standard InChI is InChI=1S/C11H21NO/c1-3-13-9-10(2)12-11-7-5-4-6-8-11/h5,7,10-12H,3-4,6,8-9H2,1-2H3. The van der Waals surface area contributed by atoms with Crippen molar-refractivity contribution >= 4 is 0 Å². The van der Waals surface area contributed by atoms with Gasteiger partial charge >= 0.3 is 0 Å². The Bertz CT molecular complexity index is 156. The Morgan fingerprint density at radius 3 is 3.08 bits per heavy atom. The Hall–Kier alpha value is -0.340. The van der Waals surface area contributed by atoms with Crippen molar-refractivity contribution in [1.29, 1.82) is 0 Å². The first-order valence-corrected chi connectivity index (χ1v) is 5.33. The van der Waals surface area contributed by atoms with Crippen LogP contribution in [-0.2, 0) is 4.74 Å². The van der Waals surface area contributed by atoms with E-state index in [0.29, 0.717) is 12.1 Å². The average Bonchev–Trinajstić information content (AvgIpc) is 2.16. The highest BCUT2D eigenvalue weighted by atomic mass is 16.5. The van der Waals surface area contributed by atoms with Crippen molar-refractivity contribution in [3.8, 4) is 0 Å².